The summed E-state index contributed by atoms with van der Waals surface area (Å²) in [5, 5.41) is 1.13. The second-order valence-electron chi connectivity index (χ2n) is 6.64. The van der Waals surface area contributed by atoms with Crippen LogP contribution >= 0.6 is 0 Å². The molecule has 0 fully saturated rings. The molecule has 0 aliphatic rings. The van der Waals surface area contributed by atoms with Crippen molar-refractivity contribution in [1.29, 1.82) is 0 Å². The molecule has 4 nitrogen and oxygen atoms in total. The number of nitrogens with one attached hydrogen (secondary N) is 1. The number of benzene rings is 2. The van der Waals surface area contributed by atoms with Gasteiger partial charge in [0.25, 0.3) is 0 Å². The van der Waals surface area contributed by atoms with Crippen molar-refractivity contribution in [3.63, 3.8) is 0 Å². The smallest absolute Gasteiger partial charge is 0.227 e. The van der Waals surface area contributed by atoms with Gasteiger partial charge in [0.05, 0.1) is 6.42 Å². The first-order chi connectivity index (χ1) is 12.1. The third-order valence-corrected chi connectivity index (χ3v) is 4.40. The summed E-state index contributed by atoms with van der Waals surface area (Å²) in [4.78, 5) is 20.3. The SMILES string of the molecule is CN(C)CCN(Cc1ccccc1)C(=O)Cc1c[nH]c2ccccc12. The number of hydrogen-bond donors (Lipinski definition) is 1. The lowest BCUT2D eigenvalue weighted by atomic mass is 10.1. The summed E-state index contributed by atoms with van der Waals surface area (Å²) < 4.78 is 0. The van der Waals surface area contributed by atoms with Crippen LogP contribution in [0.15, 0.2) is 60.8 Å². The molecule has 0 bridgehead atoms. The van der Waals surface area contributed by atoms with Crippen LogP contribution in [0.2, 0.25) is 0 Å². The molecular formula is C21H25N3O. The fourth-order valence-corrected chi connectivity index (χ4v) is 2.97. The minimum atomic E-state index is 0.162. The van der Waals surface area contributed by atoms with Crippen LogP contribution in [0.5, 0.6) is 0 Å². The lowest BCUT2D eigenvalue weighted by Crippen LogP contribution is -2.37. The monoisotopic (exact) mass is 335 g/mol. The van der Waals surface area contributed by atoms with Gasteiger partial charge in [0.2, 0.25) is 5.91 Å². The number of H-pyrrole nitrogens is 1. The lowest BCUT2D eigenvalue weighted by molar-refractivity contribution is -0.131. The Morgan fingerprint density at radius 1 is 0.960 bits per heavy atom. The van der Waals surface area contributed by atoms with Crippen molar-refractivity contribution >= 4 is 16.8 Å². The molecule has 3 aromatic rings. The number of hydrogen-bond acceptors (Lipinski definition) is 2. The molecule has 0 radical (unpaired) electrons. The summed E-state index contributed by atoms with van der Waals surface area (Å²) in [5.41, 5.74) is 3.30. The number of aromatic amines is 1. The van der Waals surface area contributed by atoms with Gasteiger partial charge in [-0.2, -0.15) is 0 Å². The van der Waals surface area contributed by atoms with Crippen molar-refractivity contribution in [3.8, 4) is 0 Å². The molecule has 1 N–H and O–H groups in total. The summed E-state index contributed by atoms with van der Waals surface area (Å²) >= 11 is 0. The number of rotatable bonds is 7. The van der Waals surface area contributed by atoms with Crippen molar-refractivity contribution < 1.29 is 4.79 Å². The number of fused-ring (bicyclic) bond motifs is 1. The largest absolute Gasteiger partial charge is 0.361 e. The van der Waals surface area contributed by atoms with Crippen LogP contribution in [0.3, 0.4) is 0 Å². The normalized spacial score (nSPS) is 11.2. The molecule has 3 rings (SSSR count). The third-order valence-electron chi connectivity index (χ3n) is 4.40. The molecule has 0 spiro atoms. The maximum absolute atomic E-state index is 13.0. The maximum atomic E-state index is 13.0. The fraction of sp³-hybridized carbons (Fsp3) is 0.286. The van der Waals surface area contributed by atoms with Gasteiger partial charge < -0.3 is 14.8 Å². The van der Waals surface area contributed by atoms with Crippen LogP contribution in [0.4, 0.5) is 0 Å². The summed E-state index contributed by atoms with van der Waals surface area (Å²) in [6.07, 6.45) is 2.37. The Morgan fingerprint density at radius 3 is 2.44 bits per heavy atom. The highest BCUT2D eigenvalue weighted by Gasteiger charge is 2.16. The Kier molecular flexibility index (Phi) is 5.51. The van der Waals surface area contributed by atoms with E-state index >= 15 is 0 Å². The van der Waals surface area contributed by atoms with Gasteiger partial charge in [-0.1, -0.05) is 48.5 Å². The van der Waals surface area contributed by atoms with E-state index in [1.165, 1.54) is 0 Å². The van der Waals surface area contributed by atoms with E-state index in [0.717, 1.165) is 35.1 Å². The molecule has 0 saturated carbocycles. The first-order valence-corrected chi connectivity index (χ1v) is 8.65. The molecule has 130 valence electrons. The van der Waals surface area contributed by atoms with E-state index in [1.807, 2.05) is 61.6 Å². The van der Waals surface area contributed by atoms with Gasteiger partial charge in [-0.15, -0.1) is 0 Å². The van der Waals surface area contributed by atoms with Gasteiger partial charge in [0.1, 0.15) is 0 Å². The van der Waals surface area contributed by atoms with Crippen LogP contribution < -0.4 is 0 Å². The summed E-state index contributed by atoms with van der Waals surface area (Å²) in [5.74, 6) is 0.162. The van der Waals surface area contributed by atoms with Gasteiger partial charge in [0.15, 0.2) is 0 Å². The van der Waals surface area contributed by atoms with Gasteiger partial charge in [0, 0.05) is 36.7 Å². The molecule has 1 aromatic heterocycles. The zero-order valence-corrected chi connectivity index (χ0v) is 14.9. The molecule has 1 amide bonds. The molecule has 0 unspecified atom stereocenters. The van der Waals surface area contributed by atoms with Gasteiger partial charge in [-0.3, -0.25) is 4.79 Å². The van der Waals surface area contributed by atoms with Crippen molar-refractivity contribution in [3.05, 3.63) is 71.9 Å². The van der Waals surface area contributed by atoms with Crippen molar-refractivity contribution in [1.82, 2.24) is 14.8 Å². The number of carbonyl (C=O) groups excluding carboxylic acids is 1. The number of amides is 1. The molecule has 0 saturated heterocycles. The molecule has 0 atom stereocenters. The molecule has 2 aromatic carbocycles. The van der Waals surface area contributed by atoms with E-state index in [2.05, 4.69) is 28.1 Å². The molecular weight excluding hydrogens is 310 g/mol. The van der Waals surface area contributed by atoms with Crippen LogP contribution in [0, 0.1) is 0 Å². The Labute approximate surface area is 149 Å². The molecule has 4 heteroatoms. The minimum absolute atomic E-state index is 0.162. The van der Waals surface area contributed by atoms with Crippen molar-refractivity contribution in [2.24, 2.45) is 0 Å². The minimum Gasteiger partial charge on any atom is -0.361 e. The van der Waals surface area contributed by atoms with Crippen molar-refractivity contribution in [2.75, 3.05) is 27.2 Å². The van der Waals surface area contributed by atoms with E-state index < -0.39 is 0 Å². The zero-order chi connectivity index (χ0) is 17.6. The second-order valence-corrected chi connectivity index (χ2v) is 6.64. The summed E-state index contributed by atoms with van der Waals surface area (Å²) in [6.45, 7) is 2.23. The van der Waals surface area contributed by atoms with E-state index in [9.17, 15) is 4.79 Å². The van der Waals surface area contributed by atoms with E-state index in [0.29, 0.717) is 13.0 Å². The number of carbonyl (C=O) groups is 1. The third kappa shape index (κ3) is 4.48. The van der Waals surface area contributed by atoms with Crippen LogP contribution in [-0.2, 0) is 17.8 Å². The number of nitrogens with zero attached hydrogens (tertiary/aromatic N) is 2. The maximum Gasteiger partial charge on any atom is 0.227 e. The molecule has 25 heavy (non-hydrogen) atoms. The van der Waals surface area contributed by atoms with Crippen LogP contribution in [-0.4, -0.2) is 47.9 Å². The number of likely N-dealkylation sites (N-methyl/N-ethyl adjacent to an activating group) is 1. The average molecular weight is 335 g/mol. The standard InChI is InChI=1S/C21H25N3O/c1-23(2)12-13-24(16-17-8-4-3-5-9-17)21(25)14-18-15-22-20-11-7-6-10-19(18)20/h3-11,15,22H,12-14,16H2,1-2H3. The fourth-order valence-electron chi connectivity index (χ4n) is 2.97. The Bertz CT molecular complexity index is 823. The summed E-state index contributed by atoms with van der Waals surface area (Å²) in [6, 6.07) is 18.3. The van der Waals surface area contributed by atoms with Gasteiger partial charge >= 0.3 is 0 Å². The van der Waals surface area contributed by atoms with Gasteiger partial charge in [-0.05, 0) is 31.3 Å². The van der Waals surface area contributed by atoms with Gasteiger partial charge in [-0.25, -0.2) is 0 Å². The summed E-state index contributed by atoms with van der Waals surface area (Å²) in [7, 11) is 4.07. The Morgan fingerprint density at radius 2 is 1.68 bits per heavy atom. The predicted molar refractivity (Wildman–Crippen MR) is 102 cm³/mol. The average Bonchev–Trinajstić information content (AvgIpc) is 3.02. The van der Waals surface area contributed by atoms with Crippen molar-refractivity contribution in [2.45, 2.75) is 13.0 Å². The predicted octanol–water partition coefficient (Wildman–Crippen LogP) is 3.30. The number of para-hydroxylation sites is 1. The molecule has 0 aliphatic carbocycles. The quantitative estimate of drug-likeness (QED) is 0.719. The van der Waals surface area contributed by atoms with E-state index in [1.54, 1.807) is 0 Å². The second kappa shape index (κ2) is 7.99. The number of aromatic nitrogens is 1. The topological polar surface area (TPSA) is 39.3 Å². The zero-order valence-electron chi connectivity index (χ0n) is 14.9. The van der Waals surface area contributed by atoms with E-state index in [4.69, 9.17) is 0 Å². The first-order valence-electron chi connectivity index (χ1n) is 8.65. The van der Waals surface area contributed by atoms with Crippen LogP contribution in [0.25, 0.3) is 10.9 Å². The highest BCUT2D eigenvalue weighted by molar-refractivity contribution is 5.88. The first kappa shape index (κ1) is 17.2. The Hall–Kier alpha value is -2.59. The Balaban J connectivity index is 1.75. The lowest BCUT2D eigenvalue weighted by Gasteiger charge is -2.24. The molecule has 1 heterocycles. The highest BCUT2D eigenvalue weighted by atomic mass is 16.2. The van der Waals surface area contributed by atoms with Crippen LogP contribution in [0.1, 0.15) is 11.1 Å². The van der Waals surface area contributed by atoms with E-state index in [-0.39, 0.29) is 5.91 Å². The highest BCUT2D eigenvalue weighted by Crippen LogP contribution is 2.19. The molecule has 0 aliphatic heterocycles.